The van der Waals surface area contributed by atoms with E-state index >= 15 is 0 Å². The Hall–Kier alpha value is -3.00. The van der Waals surface area contributed by atoms with Crippen LogP contribution >= 0.6 is 0 Å². The van der Waals surface area contributed by atoms with Crippen molar-refractivity contribution in [2.24, 2.45) is 5.92 Å². The molecule has 5 rings (SSSR count). The number of fused-ring (bicyclic) bond motifs is 1. The Labute approximate surface area is 186 Å². The van der Waals surface area contributed by atoms with E-state index in [-0.39, 0.29) is 17.4 Å². The number of likely N-dealkylation sites (tertiary alicyclic amines) is 1. The van der Waals surface area contributed by atoms with Crippen LogP contribution in [0.4, 0.5) is 0 Å². The number of ether oxygens (including phenoxy) is 1. The lowest BCUT2D eigenvalue weighted by atomic mass is 9.97. The van der Waals surface area contributed by atoms with Gasteiger partial charge in [-0.25, -0.2) is 14.5 Å². The smallest absolute Gasteiger partial charge is 0.337 e. The third-order valence-corrected chi connectivity index (χ3v) is 6.97. The summed E-state index contributed by atoms with van der Waals surface area (Å²) < 4.78 is 6.74. The average Bonchev–Trinajstić information content (AvgIpc) is 3.53. The lowest BCUT2D eigenvalue weighted by Crippen LogP contribution is -2.21. The molecule has 1 aromatic carbocycles. The van der Waals surface area contributed by atoms with E-state index in [2.05, 4.69) is 21.9 Å². The van der Waals surface area contributed by atoms with E-state index in [4.69, 9.17) is 9.72 Å². The van der Waals surface area contributed by atoms with Crippen molar-refractivity contribution in [3.05, 3.63) is 57.8 Å². The first-order chi connectivity index (χ1) is 15.5. The van der Waals surface area contributed by atoms with Crippen molar-refractivity contribution in [1.29, 1.82) is 0 Å². The van der Waals surface area contributed by atoms with E-state index < -0.39 is 0 Å². The van der Waals surface area contributed by atoms with Crippen molar-refractivity contribution >= 4 is 17.0 Å². The maximum atomic E-state index is 12.8. The second kappa shape index (κ2) is 8.50. The van der Waals surface area contributed by atoms with Gasteiger partial charge in [-0.15, -0.1) is 0 Å². The molecule has 1 aliphatic heterocycles. The van der Waals surface area contributed by atoms with Crippen LogP contribution < -0.4 is 5.56 Å². The molecule has 2 aliphatic rings. The number of carbonyl (C=O) groups excluding carboxylic acids is 1. The van der Waals surface area contributed by atoms with Gasteiger partial charge in [0.2, 0.25) is 0 Å². The highest BCUT2D eigenvalue weighted by Crippen LogP contribution is 2.33. The molecule has 1 saturated heterocycles. The molecule has 0 amide bonds. The van der Waals surface area contributed by atoms with Crippen LogP contribution in [0.15, 0.2) is 35.3 Å². The summed E-state index contributed by atoms with van der Waals surface area (Å²) in [6.07, 6.45) is 6.27. The first-order valence-electron chi connectivity index (χ1n) is 11.4. The largest absolute Gasteiger partial charge is 0.465 e. The molecular weight excluding hydrogens is 406 g/mol. The summed E-state index contributed by atoms with van der Waals surface area (Å²) in [6, 6.07) is 7.89. The van der Waals surface area contributed by atoms with Crippen LogP contribution in [0.5, 0.6) is 0 Å². The molecular formula is C24H29N5O3. The fourth-order valence-electron chi connectivity index (χ4n) is 5.22. The molecule has 32 heavy (non-hydrogen) atoms. The van der Waals surface area contributed by atoms with Gasteiger partial charge in [-0.05, 0) is 36.5 Å². The highest BCUT2D eigenvalue weighted by Gasteiger charge is 2.33. The Morgan fingerprint density at radius 2 is 1.94 bits per heavy atom. The Kier molecular flexibility index (Phi) is 5.55. The maximum absolute atomic E-state index is 12.8. The van der Waals surface area contributed by atoms with E-state index in [0.717, 1.165) is 49.5 Å². The summed E-state index contributed by atoms with van der Waals surface area (Å²) >= 11 is 0. The van der Waals surface area contributed by atoms with Crippen molar-refractivity contribution in [2.45, 2.75) is 51.1 Å². The van der Waals surface area contributed by atoms with Gasteiger partial charge in [0, 0.05) is 25.6 Å². The summed E-state index contributed by atoms with van der Waals surface area (Å²) in [5, 5.41) is 5.09. The number of esters is 1. The van der Waals surface area contributed by atoms with Gasteiger partial charge in [-0.1, -0.05) is 31.9 Å². The second-order valence-corrected chi connectivity index (χ2v) is 9.18. The van der Waals surface area contributed by atoms with Crippen LogP contribution in [0.1, 0.15) is 66.3 Å². The number of aromatic nitrogens is 4. The number of hydrogen-bond acceptors (Lipinski definition) is 6. The SMILES string of the molecule is COC(=O)c1ccc(CN2CC(C)C(c3nc4c(cnn4C4CCCC4)c(=O)[nH]3)C2)cc1. The van der Waals surface area contributed by atoms with Crippen molar-refractivity contribution < 1.29 is 9.53 Å². The van der Waals surface area contributed by atoms with Crippen molar-refractivity contribution in [2.75, 3.05) is 20.2 Å². The highest BCUT2D eigenvalue weighted by molar-refractivity contribution is 5.89. The van der Waals surface area contributed by atoms with Gasteiger partial charge in [-0.2, -0.15) is 5.10 Å². The monoisotopic (exact) mass is 435 g/mol. The molecule has 1 aliphatic carbocycles. The topological polar surface area (TPSA) is 93.1 Å². The first-order valence-corrected chi connectivity index (χ1v) is 11.4. The number of nitrogens with one attached hydrogen (secondary N) is 1. The van der Waals surface area contributed by atoms with Gasteiger partial charge in [0.1, 0.15) is 11.2 Å². The van der Waals surface area contributed by atoms with E-state index in [1.54, 1.807) is 18.3 Å². The Balaban J connectivity index is 1.35. The average molecular weight is 436 g/mol. The summed E-state index contributed by atoms with van der Waals surface area (Å²) in [5.41, 5.74) is 2.32. The van der Waals surface area contributed by atoms with Gasteiger partial charge >= 0.3 is 5.97 Å². The number of nitrogens with zero attached hydrogens (tertiary/aromatic N) is 4. The summed E-state index contributed by atoms with van der Waals surface area (Å²) in [6.45, 7) is 4.75. The zero-order valence-corrected chi connectivity index (χ0v) is 18.6. The second-order valence-electron chi connectivity index (χ2n) is 9.18. The zero-order chi connectivity index (χ0) is 22.2. The Morgan fingerprint density at radius 3 is 2.66 bits per heavy atom. The minimum Gasteiger partial charge on any atom is -0.465 e. The molecule has 8 heteroatoms. The van der Waals surface area contributed by atoms with Crippen LogP contribution in [-0.4, -0.2) is 50.8 Å². The summed E-state index contributed by atoms with van der Waals surface area (Å²) in [5.74, 6) is 0.966. The molecule has 168 valence electrons. The van der Waals surface area contributed by atoms with Crippen LogP contribution in [0, 0.1) is 5.92 Å². The Morgan fingerprint density at radius 1 is 1.19 bits per heavy atom. The number of H-pyrrole nitrogens is 1. The summed E-state index contributed by atoms with van der Waals surface area (Å²) in [4.78, 5) is 34.8. The van der Waals surface area contributed by atoms with E-state index in [0.29, 0.717) is 22.9 Å². The van der Waals surface area contributed by atoms with E-state index in [9.17, 15) is 9.59 Å². The fraction of sp³-hybridized carbons (Fsp3) is 0.500. The Bertz CT molecular complexity index is 1180. The molecule has 0 radical (unpaired) electrons. The maximum Gasteiger partial charge on any atom is 0.337 e. The van der Waals surface area contributed by atoms with Crippen LogP contribution in [0.2, 0.25) is 0 Å². The predicted molar refractivity (Wildman–Crippen MR) is 121 cm³/mol. The highest BCUT2D eigenvalue weighted by atomic mass is 16.5. The first kappa shape index (κ1) is 20.9. The molecule has 0 bridgehead atoms. The summed E-state index contributed by atoms with van der Waals surface area (Å²) in [7, 11) is 1.39. The third-order valence-electron chi connectivity index (χ3n) is 6.97. The van der Waals surface area contributed by atoms with Gasteiger partial charge in [0.15, 0.2) is 5.65 Å². The molecule has 2 fully saturated rings. The number of aromatic amines is 1. The van der Waals surface area contributed by atoms with Gasteiger partial charge in [0.25, 0.3) is 5.56 Å². The van der Waals surface area contributed by atoms with Crippen molar-refractivity contribution in [3.63, 3.8) is 0 Å². The number of methoxy groups -OCH3 is 1. The van der Waals surface area contributed by atoms with E-state index in [1.165, 1.54) is 20.0 Å². The van der Waals surface area contributed by atoms with Gasteiger partial charge in [0.05, 0.1) is 24.9 Å². The zero-order valence-electron chi connectivity index (χ0n) is 18.6. The minimum atomic E-state index is -0.325. The lowest BCUT2D eigenvalue weighted by molar-refractivity contribution is 0.0600. The molecule has 8 nitrogen and oxygen atoms in total. The molecule has 1 N–H and O–H groups in total. The number of carbonyl (C=O) groups is 1. The minimum absolute atomic E-state index is 0.0988. The molecule has 1 saturated carbocycles. The van der Waals surface area contributed by atoms with Crippen LogP contribution in [-0.2, 0) is 11.3 Å². The van der Waals surface area contributed by atoms with Gasteiger partial charge < -0.3 is 9.72 Å². The standard InChI is InChI=1S/C24H29N5O3/c1-15-12-28(13-16-7-9-17(10-8-16)24(31)32-2)14-20(15)21-26-22-19(23(30)27-21)11-25-29(22)18-5-3-4-6-18/h7-11,15,18,20H,3-6,12-14H2,1-2H3,(H,26,27,30). The van der Waals surface area contributed by atoms with Crippen LogP contribution in [0.3, 0.4) is 0 Å². The quantitative estimate of drug-likeness (QED) is 0.619. The molecule has 2 unspecified atom stereocenters. The molecule has 3 heterocycles. The molecule has 2 atom stereocenters. The number of hydrogen-bond donors (Lipinski definition) is 1. The van der Waals surface area contributed by atoms with Crippen molar-refractivity contribution in [3.8, 4) is 0 Å². The normalized spacial score (nSPS) is 22.1. The van der Waals surface area contributed by atoms with Gasteiger partial charge in [-0.3, -0.25) is 9.69 Å². The lowest BCUT2D eigenvalue weighted by Gasteiger charge is -2.16. The van der Waals surface area contributed by atoms with Crippen LogP contribution in [0.25, 0.3) is 11.0 Å². The molecule has 3 aromatic rings. The number of benzene rings is 1. The molecule has 2 aromatic heterocycles. The third kappa shape index (κ3) is 3.83. The predicted octanol–water partition coefficient (Wildman–Crippen LogP) is 3.26. The van der Waals surface area contributed by atoms with Crippen molar-refractivity contribution in [1.82, 2.24) is 24.6 Å². The fourth-order valence-corrected chi connectivity index (χ4v) is 5.22. The molecule has 0 spiro atoms. The number of rotatable bonds is 5. The van der Waals surface area contributed by atoms with E-state index in [1.807, 2.05) is 16.8 Å².